The zero-order valence-electron chi connectivity index (χ0n) is 16.8. The van der Waals surface area contributed by atoms with Gasteiger partial charge in [0.2, 0.25) is 0 Å². The van der Waals surface area contributed by atoms with E-state index in [1.165, 1.54) is 25.3 Å². The topological polar surface area (TPSA) is 46.0 Å². The lowest BCUT2D eigenvalue weighted by Gasteiger charge is -2.33. The van der Waals surface area contributed by atoms with Crippen molar-refractivity contribution in [3.05, 3.63) is 53.6 Å². The third kappa shape index (κ3) is 5.18. The molecule has 0 spiro atoms. The minimum Gasteiger partial charge on any atom is -0.478 e. The number of benzene rings is 2. The van der Waals surface area contributed by atoms with Crippen molar-refractivity contribution in [2.24, 2.45) is 0 Å². The molecule has 0 aliphatic carbocycles. The van der Waals surface area contributed by atoms with Crippen molar-refractivity contribution in [3.8, 4) is 5.75 Å². The van der Waals surface area contributed by atoms with Crippen LogP contribution in [-0.2, 0) is 4.79 Å². The van der Waals surface area contributed by atoms with Crippen LogP contribution >= 0.6 is 11.6 Å². The summed E-state index contributed by atoms with van der Waals surface area (Å²) in [7, 11) is 0. The number of amides is 1. The van der Waals surface area contributed by atoms with Crippen molar-refractivity contribution in [2.45, 2.75) is 26.4 Å². The largest absolute Gasteiger partial charge is 0.478 e. The Balaban J connectivity index is 1.58. The number of nitrogens with one attached hydrogen (secondary N) is 2. The highest BCUT2D eigenvalue weighted by Gasteiger charge is 2.30. The van der Waals surface area contributed by atoms with E-state index in [-0.39, 0.29) is 5.91 Å². The number of halogens is 1. The fourth-order valence-corrected chi connectivity index (χ4v) is 3.44. The van der Waals surface area contributed by atoms with Gasteiger partial charge in [0.25, 0.3) is 5.91 Å². The van der Waals surface area contributed by atoms with Crippen molar-refractivity contribution >= 4 is 28.9 Å². The summed E-state index contributed by atoms with van der Waals surface area (Å²) < 4.78 is 5.85. The minimum atomic E-state index is -1.01. The molecule has 0 saturated carbocycles. The van der Waals surface area contributed by atoms with Gasteiger partial charge in [-0.25, -0.2) is 0 Å². The van der Waals surface area contributed by atoms with Gasteiger partial charge in [-0.1, -0.05) is 11.6 Å². The Labute approximate surface area is 172 Å². The number of ether oxygens (including phenoxy) is 1. The first-order valence-electron chi connectivity index (χ1n) is 9.82. The minimum absolute atomic E-state index is 0.199. The molecule has 0 radical (unpaired) electrons. The molecule has 3 rings (SSSR count). The van der Waals surface area contributed by atoms with Crippen LogP contribution in [0.2, 0.25) is 5.02 Å². The highest BCUT2D eigenvalue weighted by atomic mass is 35.5. The molecule has 2 aromatic carbocycles. The van der Waals surface area contributed by atoms with Gasteiger partial charge in [0.1, 0.15) is 5.75 Å². The molecule has 1 heterocycles. The number of carbonyl (C=O) groups is 1. The van der Waals surface area contributed by atoms with E-state index >= 15 is 0 Å². The van der Waals surface area contributed by atoms with E-state index in [9.17, 15) is 4.79 Å². The van der Waals surface area contributed by atoms with Gasteiger partial charge in [0.15, 0.2) is 5.60 Å². The Bertz CT molecular complexity index is 782. The van der Waals surface area contributed by atoms with Gasteiger partial charge < -0.3 is 19.9 Å². The maximum atomic E-state index is 12.7. The maximum absolute atomic E-state index is 12.7. The summed E-state index contributed by atoms with van der Waals surface area (Å²) in [6, 6.07) is 15.0. The zero-order chi connectivity index (χ0) is 20.1. The van der Waals surface area contributed by atoms with Crippen LogP contribution in [0.15, 0.2) is 48.5 Å². The molecular weight excluding hydrogens is 374 g/mol. The number of quaternary nitrogens is 1. The van der Waals surface area contributed by atoms with Crippen LogP contribution in [0.1, 0.15) is 20.8 Å². The van der Waals surface area contributed by atoms with Crippen LogP contribution in [0, 0.1) is 0 Å². The van der Waals surface area contributed by atoms with Crippen LogP contribution in [0.5, 0.6) is 5.75 Å². The number of likely N-dealkylation sites (N-methyl/N-ethyl adjacent to an activating group) is 1. The lowest BCUT2D eigenvalue weighted by Crippen LogP contribution is -3.14. The number of piperazine rings is 1. The number of anilines is 2. The van der Waals surface area contributed by atoms with E-state index in [0.717, 1.165) is 18.8 Å². The van der Waals surface area contributed by atoms with Gasteiger partial charge in [-0.15, -0.1) is 0 Å². The molecule has 0 bridgehead atoms. The summed E-state index contributed by atoms with van der Waals surface area (Å²) in [6.45, 7) is 11.4. The molecular formula is C22H29ClN3O2+. The Morgan fingerprint density at radius 2 is 1.71 bits per heavy atom. The lowest BCUT2D eigenvalue weighted by molar-refractivity contribution is -0.898. The van der Waals surface area contributed by atoms with Crippen LogP contribution in [0.25, 0.3) is 0 Å². The summed E-state index contributed by atoms with van der Waals surface area (Å²) in [6.07, 6.45) is 0. The van der Waals surface area contributed by atoms with Crippen molar-refractivity contribution < 1.29 is 14.4 Å². The molecule has 6 heteroatoms. The molecule has 0 aromatic heterocycles. The predicted octanol–water partition coefficient (Wildman–Crippen LogP) is 2.86. The second-order valence-corrected chi connectivity index (χ2v) is 8.09. The van der Waals surface area contributed by atoms with Gasteiger partial charge in [-0.3, -0.25) is 4.79 Å². The molecule has 2 N–H and O–H groups in total. The lowest BCUT2D eigenvalue weighted by atomic mass is 10.1. The quantitative estimate of drug-likeness (QED) is 0.781. The fourth-order valence-electron chi connectivity index (χ4n) is 3.32. The number of rotatable bonds is 6. The van der Waals surface area contributed by atoms with Crippen LogP contribution in [0.3, 0.4) is 0 Å². The molecule has 150 valence electrons. The van der Waals surface area contributed by atoms with E-state index in [4.69, 9.17) is 16.3 Å². The highest BCUT2D eigenvalue weighted by molar-refractivity contribution is 6.30. The summed E-state index contributed by atoms with van der Waals surface area (Å²) in [5.41, 5.74) is 0.954. The normalized spacial score (nSPS) is 15.4. The number of hydrogen-bond donors (Lipinski definition) is 2. The molecule has 2 aromatic rings. The number of carbonyl (C=O) groups excluding carboxylic acids is 1. The first kappa shape index (κ1) is 20.5. The molecule has 0 unspecified atom stereocenters. The molecule has 28 heavy (non-hydrogen) atoms. The van der Waals surface area contributed by atoms with Gasteiger partial charge in [-0.05, 0) is 69.3 Å². The maximum Gasteiger partial charge on any atom is 0.267 e. The summed E-state index contributed by atoms with van der Waals surface area (Å²) >= 11 is 5.90. The molecule has 0 atom stereocenters. The summed E-state index contributed by atoms with van der Waals surface area (Å²) in [4.78, 5) is 16.7. The molecule has 1 fully saturated rings. The van der Waals surface area contributed by atoms with E-state index < -0.39 is 5.60 Å². The third-order valence-electron chi connectivity index (χ3n) is 5.19. The Hall–Kier alpha value is -2.24. The Morgan fingerprint density at radius 1 is 1.11 bits per heavy atom. The predicted molar refractivity (Wildman–Crippen MR) is 115 cm³/mol. The van der Waals surface area contributed by atoms with E-state index in [1.807, 2.05) is 12.1 Å². The smallest absolute Gasteiger partial charge is 0.267 e. The van der Waals surface area contributed by atoms with Gasteiger partial charge >= 0.3 is 0 Å². The second kappa shape index (κ2) is 8.84. The van der Waals surface area contributed by atoms with Gasteiger partial charge in [-0.2, -0.15) is 0 Å². The van der Waals surface area contributed by atoms with Crippen LogP contribution in [0.4, 0.5) is 11.4 Å². The van der Waals surface area contributed by atoms with Crippen LogP contribution in [-0.4, -0.2) is 44.2 Å². The van der Waals surface area contributed by atoms with E-state index in [2.05, 4.69) is 29.3 Å². The van der Waals surface area contributed by atoms with E-state index in [1.54, 1.807) is 43.0 Å². The standard InChI is InChI=1S/C22H28ClN3O2/c1-4-25-13-15-26(16-14-25)19-9-7-18(8-10-19)24-21(27)22(2,3)28-20-11-5-17(23)6-12-20/h5-12H,4,13-16H2,1-3H3,(H,24,27)/p+1. The summed E-state index contributed by atoms with van der Waals surface area (Å²) in [5, 5.41) is 3.58. The molecule has 1 amide bonds. The molecule has 1 aliphatic rings. The first-order valence-corrected chi connectivity index (χ1v) is 10.2. The average molecular weight is 403 g/mol. The van der Waals surface area contributed by atoms with E-state index in [0.29, 0.717) is 10.8 Å². The summed E-state index contributed by atoms with van der Waals surface area (Å²) in [5.74, 6) is 0.406. The molecule has 5 nitrogen and oxygen atoms in total. The third-order valence-corrected chi connectivity index (χ3v) is 5.45. The van der Waals surface area contributed by atoms with Crippen LogP contribution < -0.4 is 19.9 Å². The first-order chi connectivity index (χ1) is 13.4. The Morgan fingerprint density at radius 3 is 2.29 bits per heavy atom. The van der Waals surface area contributed by atoms with Crippen molar-refractivity contribution in [3.63, 3.8) is 0 Å². The second-order valence-electron chi connectivity index (χ2n) is 7.66. The van der Waals surface area contributed by atoms with Gasteiger partial charge in [0, 0.05) is 16.4 Å². The van der Waals surface area contributed by atoms with Crippen molar-refractivity contribution in [2.75, 3.05) is 42.9 Å². The Kier molecular flexibility index (Phi) is 6.47. The molecule has 1 aliphatic heterocycles. The van der Waals surface area contributed by atoms with Gasteiger partial charge in [0.05, 0.1) is 32.7 Å². The fraction of sp³-hybridized carbons (Fsp3) is 0.409. The SMILES string of the molecule is CC[NH+]1CCN(c2ccc(NC(=O)C(C)(C)Oc3ccc(Cl)cc3)cc2)CC1. The number of nitrogens with zero attached hydrogens (tertiary/aromatic N) is 1. The monoisotopic (exact) mass is 402 g/mol. The highest BCUT2D eigenvalue weighted by Crippen LogP contribution is 2.23. The average Bonchev–Trinajstić information content (AvgIpc) is 2.70. The molecule has 1 saturated heterocycles. The van der Waals surface area contributed by atoms with Crippen molar-refractivity contribution in [1.82, 2.24) is 0 Å². The zero-order valence-corrected chi connectivity index (χ0v) is 17.6. The number of hydrogen-bond acceptors (Lipinski definition) is 3. The van der Waals surface area contributed by atoms with Crippen molar-refractivity contribution in [1.29, 1.82) is 0 Å².